The molecule has 1 heterocycles. The summed E-state index contributed by atoms with van der Waals surface area (Å²) in [6.45, 7) is 0. The van der Waals surface area contributed by atoms with Gasteiger partial charge in [-0.05, 0) is 24.3 Å². The van der Waals surface area contributed by atoms with Crippen molar-refractivity contribution in [1.29, 1.82) is 0 Å². The maximum Gasteiger partial charge on any atom is 0.258 e. The Hall–Kier alpha value is -3.32. The van der Waals surface area contributed by atoms with Gasteiger partial charge in [-0.25, -0.2) is 9.97 Å². The van der Waals surface area contributed by atoms with Gasteiger partial charge in [-0.3, -0.25) is 4.79 Å². The second kappa shape index (κ2) is 8.37. The average molecular weight is 385 g/mol. The highest BCUT2D eigenvalue weighted by Gasteiger charge is 2.11. The van der Waals surface area contributed by atoms with Gasteiger partial charge in [-0.2, -0.15) is 0 Å². The van der Waals surface area contributed by atoms with Gasteiger partial charge in [0.05, 0.1) is 36.2 Å². The molecule has 138 valence electrons. The van der Waals surface area contributed by atoms with Crippen molar-refractivity contribution in [2.75, 3.05) is 24.9 Å². The quantitative estimate of drug-likeness (QED) is 0.664. The van der Waals surface area contributed by atoms with E-state index in [9.17, 15) is 4.79 Å². The first kappa shape index (κ1) is 18.5. The van der Waals surface area contributed by atoms with E-state index in [2.05, 4.69) is 20.6 Å². The predicted octanol–water partition coefficient (Wildman–Crippen LogP) is 4.14. The summed E-state index contributed by atoms with van der Waals surface area (Å²) < 4.78 is 10.5. The maximum atomic E-state index is 12.3. The first-order valence-corrected chi connectivity index (χ1v) is 8.35. The van der Waals surface area contributed by atoms with Crippen LogP contribution in [0, 0.1) is 0 Å². The van der Waals surface area contributed by atoms with Crippen LogP contribution in [-0.4, -0.2) is 30.1 Å². The summed E-state index contributed by atoms with van der Waals surface area (Å²) in [6.07, 6.45) is 2.85. The molecule has 1 aromatic heterocycles. The number of nitrogens with zero attached hydrogens (tertiary/aromatic N) is 2. The number of carbonyl (C=O) groups excluding carboxylic acids is 1. The van der Waals surface area contributed by atoms with Crippen LogP contribution >= 0.6 is 11.6 Å². The number of hydrogen-bond donors (Lipinski definition) is 2. The van der Waals surface area contributed by atoms with E-state index in [1.807, 2.05) is 0 Å². The first-order valence-electron chi connectivity index (χ1n) is 7.97. The lowest BCUT2D eigenvalue weighted by atomic mass is 10.2. The number of nitrogens with one attached hydrogen (secondary N) is 2. The van der Waals surface area contributed by atoms with Crippen molar-refractivity contribution >= 4 is 34.8 Å². The van der Waals surface area contributed by atoms with E-state index < -0.39 is 0 Å². The van der Waals surface area contributed by atoms with E-state index in [1.165, 1.54) is 12.4 Å². The molecule has 0 saturated heterocycles. The van der Waals surface area contributed by atoms with Crippen molar-refractivity contribution in [3.63, 3.8) is 0 Å². The fourth-order valence-corrected chi connectivity index (χ4v) is 2.48. The molecule has 7 nitrogen and oxygen atoms in total. The number of para-hydroxylation sites is 1. The zero-order valence-electron chi connectivity index (χ0n) is 14.7. The van der Waals surface area contributed by atoms with E-state index in [0.29, 0.717) is 39.4 Å². The van der Waals surface area contributed by atoms with Gasteiger partial charge in [-0.1, -0.05) is 23.7 Å². The highest BCUT2D eigenvalue weighted by Crippen LogP contribution is 2.30. The second-order valence-corrected chi connectivity index (χ2v) is 5.83. The molecule has 8 heteroatoms. The van der Waals surface area contributed by atoms with Crippen molar-refractivity contribution in [3.8, 4) is 11.5 Å². The SMILES string of the molecule is COc1ccc(OC)c(Nc2ncc(C(=O)Nc3ccccc3Cl)cn2)c1. The van der Waals surface area contributed by atoms with Crippen molar-refractivity contribution in [1.82, 2.24) is 9.97 Å². The minimum Gasteiger partial charge on any atom is -0.497 e. The lowest BCUT2D eigenvalue weighted by molar-refractivity contribution is 0.102. The minimum absolute atomic E-state index is 0.304. The molecule has 27 heavy (non-hydrogen) atoms. The van der Waals surface area contributed by atoms with E-state index in [-0.39, 0.29) is 5.91 Å². The Bertz CT molecular complexity index is 948. The van der Waals surface area contributed by atoms with E-state index in [0.717, 1.165) is 0 Å². The summed E-state index contributed by atoms with van der Waals surface area (Å²) in [5, 5.41) is 6.22. The zero-order chi connectivity index (χ0) is 19.2. The number of rotatable bonds is 6. The Morgan fingerprint density at radius 3 is 2.41 bits per heavy atom. The molecule has 0 bridgehead atoms. The number of carbonyl (C=O) groups is 1. The summed E-state index contributed by atoms with van der Waals surface area (Å²) in [6, 6.07) is 12.3. The number of benzene rings is 2. The van der Waals surface area contributed by atoms with Gasteiger partial charge in [0.1, 0.15) is 11.5 Å². The molecule has 0 fully saturated rings. The van der Waals surface area contributed by atoms with Crippen molar-refractivity contribution < 1.29 is 14.3 Å². The second-order valence-electron chi connectivity index (χ2n) is 5.42. The molecule has 0 spiro atoms. The minimum atomic E-state index is -0.353. The molecule has 0 unspecified atom stereocenters. The van der Waals surface area contributed by atoms with Gasteiger partial charge in [-0.15, -0.1) is 0 Å². The Kier molecular flexibility index (Phi) is 5.73. The molecule has 0 aliphatic heterocycles. The van der Waals surface area contributed by atoms with Crippen LogP contribution in [0.3, 0.4) is 0 Å². The molecular weight excluding hydrogens is 368 g/mol. The standard InChI is InChI=1S/C19H17ClN4O3/c1-26-13-7-8-17(27-2)16(9-13)24-19-21-10-12(11-22-19)18(25)23-15-6-4-3-5-14(15)20/h3-11H,1-2H3,(H,23,25)(H,21,22,24). The van der Waals surface area contributed by atoms with Crippen LogP contribution in [-0.2, 0) is 0 Å². The third kappa shape index (κ3) is 4.45. The Balaban J connectivity index is 1.74. The summed E-state index contributed by atoms with van der Waals surface area (Å²) >= 11 is 6.05. The van der Waals surface area contributed by atoms with Crippen LogP contribution < -0.4 is 20.1 Å². The average Bonchev–Trinajstić information content (AvgIpc) is 2.70. The Morgan fingerprint density at radius 1 is 1.00 bits per heavy atom. The van der Waals surface area contributed by atoms with Gasteiger partial charge in [0, 0.05) is 18.5 Å². The van der Waals surface area contributed by atoms with Crippen LogP contribution in [0.2, 0.25) is 5.02 Å². The van der Waals surface area contributed by atoms with E-state index in [4.69, 9.17) is 21.1 Å². The van der Waals surface area contributed by atoms with Gasteiger partial charge < -0.3 is 20.1 Å². The molecule has 0 aliphatic carbocycles. The Labute approximate surface area is 161 Å². The van der Waals surface area contributed by atoms with Crippen LogP contribution in [0.15, 0.2) is 54.9 Å². The van der Waals surface area contributed by atoms with Gasteiger partial charge >= 0.3 is 0 Å². The van der Waals surface area contributed by atoms with Crippen molar-refractivity contribution in [3.05, 3.63) is 65.4 Å². The number of halogens is 1. The first-order chi connectivity index (χ1) is 13.1. The number of anilines is 3. The molecule has 0 aliphatic rings. The summed E-state index contributed by atoms with van der Waals surface area (Å²) in [7, 11) is 3.14. The highest BCUT2D eigenvalue weighted by molar-refractivity contribution is 6.33. The normalized spacial score (nSPS) is 10.2. The van der Waals surface area contributed by atoms with Crippen molar-refractivity contribution in [2.45, 2.75) is 0 Å². The summed E-state index contributed by atoms with van der Waals surface area (Å²) in [4.78, 5) is 20.7. The third-order valence-corrected chi connectivity index (χ3v) is 4.02. The Morgan fingerprint density at radius 2 is 1.74 bits per heavy atom. The number of hydrogen-bond acceptors (Lipinski definition) is 6. The van der Waals surface area contributed by atoms with Crippen molar-refractivity contribution in [2.24, 2.45) is 0 Å². The van der Waals surface area contributed by atoms with E-state index >= 15 is 0 Å². The fraction of sp³-hybridized carbons (Fsp3) is 0.105. The largest absolute Gasteiger partial charge is 0.497 e. The third-order valence-electron chi connectivity index (χ3n) is 3.69. The number of amides is 1. The van der Waals surface area contributed by atoms with Gasteiger partial charge in [0.2, 0.25) is 5.95 Å². The summed E-state index contributed by atoms with van der Waals surface area (Å²) in [5.74, 6) is 1.23. The van der Waals surface area contributed by atoms with E-state index in [1.54, 1.807) is 56.7 Å². The lowest BCUT2D eigenvalue weighted by Crippen LogP contribution is -2.13. The highest BCUT2D eigenvalue weighted by atomic mass is 35.5. The lowest BCUT2D eigenvalue weighted by Gasteiger charge is -2.12. The van der Waals surface area contributed by atoms with Crippen LogP contribution in [0.25, 0.3) is 0 Å². The van der Waals surface area contributed by atoms with Crippen LogP contribution in [0.5, 0.6) is 11.5 Å². The zero-order valence-corrected chi connectivity index (χ0v) is 15.4. The molecule has 1 amide bonds. The number of ether oxygens (including phenoxy) is 2. The number of methoxy groups -OCH3 is 2. The van der Waals surface area contributed by atoms with Gasteiger partial charge in [0.25, 0.3) is 5.91 Å². The topological polar surface area (TPSA) is 85.4 Å². The number of aromatic nitrogens is 2. The van der Waals surface area contributed by atoms with Crippen LogP contribution in [0.4, 0.5) is 17.3 Å². The van der Waals surface area contributed by atoms with Crippen LogP contribution in [0.1, 0.15) is 10.4 Å². The maximum absolute atomic E-state index is 12.3. The van der Waals surface area contributed by atoms with Gasteiger partial charge in [0.15, 0.2) is 0 Å². The molecule has 2 N–H and O–H groups in total. The molecular formula is C19H17ClN4O3. The molecule has 0 radical (unpaired) electrons. The molecule has 2 aromatic carbocycles. The summed E-state index contributed by atoms with van der Waals surface area (Å²) in [5.41, 5.74) is 1.47. The molecule has 3 rings (SSSR count). The fourth-order valence-electron chi connectivity index (χ4n) is 2.30. The smallest absolute Gasteiger partial charge is 0.258 e. The predicted molar refractivity (Wildman–Crippen MR) is 104 cm³/mol. The molecule has 3 aromatic rings. The molecule has 0 saturated carbocycles. The molecule has 0 atom stereocenters. The monoisotopic (exact) mass is 384 g/mol.